The second-order valence-electron chi connectivity index (χ2n) is 11.4. The molecule has 218 valence electrons. The molecule has 1 unspecified atom stereocenters. The molecule has 3 amide bonds. The quantitative estimate of drug-likeness (QED) is 0.361. The minimum Gasteiger partial charge on any atom is -0.322 e. The first kappa shape index (κ1) is 27.1. The Morgan fingerprint density at radius 3 is 2.56 bits per heavy atom. The summed E-state index contributed by atoms with van der Waals surface area (Å²) in [6, 6.07) is 13.8. The summed E-state index contributed by atoms with van der Waals surface area (Å²) in [6.07, 6.45) is 5.24. The van der Waals surface area contributed by atoms with Crippen molar-refractivity contribution < 1.29 is 18.8 Å². The summed E-state index contributed by atoms with van der Waals surface area (Å²) < 4.78 is 17.0. The van der Waals surface area contributed by atoms with Crippen LogP contribution >= 0.6 is 0 Å². The van der Waals surface area contributed by atoms with Crippen molar-refractivity contribution in [1.82, 2.24) is 29.7 Å². The highest BCUT2D eigenvalue weighted by atomic mass is 19.1. The number of carbonyl (C=O) groups excluding carboxylic acids is 3. The van der Waals surface area contributed by atoms with Crippen LogP contribution in [0, 0.1) is 5.82 Å². The molecule has 2 aromatic carbocycles. The van der Waals surface area contributed by atoms with Crippen LogP contribution in [-0.4, -0.2) is 61.2 Å². The third-order valence-electron chi connectivity index (χ3n) is 8.84. The Labute approximate surface area is 246 Å². The molecule has 43 heavy (non-hydrogen) atoms. The van der Waals surface area contributed by atoms with Gasteiger partial charge in [0.15, 0.2) is 0 Å². The van der Waals surface area contributed by atoms with E-state index in [4.69, 9.17) is 0 Å². The van der Waals surface area contributed by atoms with Gasteiger partial charge >= 0.3 is 0 Å². The standard InChI is InChI=1S/C32H29FN6O4/c33-29-21(5-7-24-28(29)32(43)39(18-35-24)26-3-1-2-12-34-26)16-37-13-10-19(11-14-37)20-4-6-23-22(15-20)17-38(31(23)42)25-8-9-27(40)36-30(25)41/h1-7,12,15,18-19,25H,8-11,13-14,16-17H2,(H,36,40,41). The fourth-order valence-electron chi connectivity index (χ4n) is 6.51. The van der Waals surface area contributed by atoms with Crippen LogP contribution in [0.3, 0.4) is 0 Å². The van der Waals surface area contributed by atoms with Gasteiger partial charge in [-0.05, 0) is 73.7 Å². The number of carbonyl (C=O) groups is 3. The minimum atomic E-state index is -0.631. The molecule has 0 radical (unpaired) electrons. The molecule has 3 aliphatic rings. The fourth-order valence-corrected chi connectivity index (χ4v) is 6.51. The molecule has 1 atom stereocenters. The molecular formula is C32H29FN6O4. The normalized spacial score (nSPS) is 19.6. The van der Waals surface area contributed by atoms with Gasteiger partial charge in [-0.1, -0.05) is 24.3 Å². The number of pyridine rings is 1. The number of piperidine rings is 2. The average Bonchev–Trinajstić information content (AvgIpc) is 3.34. The van der Waals surface area contributed by atoms with Gasteiger partial charge < -0.3 is 4.90 Å². The zero-order valence-electron chi connectivity index (χ0n) is 23.3. The maximum atomic E-state index is 15.7. The van der Waals surface area contributed by atoms with Crippen LogP contribution in [-0.2, 0) is 22.7 Å². The third kappa shape index (κ3) is 4.89. The Morgan fingerprint density at radius 2 is 1.79 bits per heavy atom. The molecule has 5 heterocycles. The van der Waals surface area contributed by atoms with Crippen molar-refractivity contribution in [2.45, 2.75) is 50.7 Å². The Balaban J connectivity index is 1.03. The van der Waals surface area contributed by atoms with E-state index in [1.807, 2.05) is 12.1 Å². The van der Waals surface area contributed by atoms with Crippen molar-refractivity contribution in [2.24, 2.45) is 0 Å². The number of likely N-dealkylation sites (tertiary alicyclic amines) is 1. The number of hydrogen-bond donors (Lipinski definition) is 1. The third-order valence-corrected chi connectivity index (χ3v) is 8.84. The van der Waals surface area contributed by atoms with E-state index in [2.05, 4.69) is 26.3 Å². The van der Waals surface area contributed by atoms with Gasteiger partial charge in [0.1, 0.15) is 29.4 Å². The molecule has 7 rings (SSSR count). The fraction of sp³-hybridized carbons (Fsp3) is 0.312. The number of nitrogens with zero attached hydrogens (tertiary/aromatic N) is 5. The number of halogens is 1. The predicted molar refractivity (Wildman–Crippen MR) is 155 cm³/mol. The Bertz CT molecular complexity index is 1830. The zero-order valence-corrected chi connectivity index (χ0v) is 23.3. The topological polar surface area (TPSA) is 118 Å². The van der Waals surface area contributed by atoms with Crippen molar-refractivity contribution in [3.05, 3.63) is 99.5 Å². The summed E-state index contributed by atoms with van der Waals surface area (Å²) in [5.41, 5.74) is 2.92. The molecule has 0 saturated carbocycles. The zero-order chi connectivity index (χ0) is 29.7. The van der Waals surface area contributed by atoms with Crippen LogP contribution in [0.1, 0.15) is 58.6 Å². The summed E-state index contributed by atoms with van der Waals surface area (Å²) >= 11 is 0. The lowest BCUT2D eigenvalue weighted by Crippen LogP contribution is -2.52. The lowest BCUT2D eigenvalue weighted by molar-refractivity contribution is -0.136. The van der Waals surface area contributed by atoms with Gasteiger partial charge in [-0.25, -0.2) is 14.4 Å². The van der Waals surface area contributed by atoms with Crippen LogP contribution < -0.4 is 10.9 Å². The second-order valence-corrected chi connectivity index (χ2v) is 11.4. The van der Waals surface area contributed by atoms with E-state index < -0.39 is 23.3 Å². The monoisotopic (exact) mass is 580 g/mol. The number of fused-ring (bicyclic) bond motifs is 2. The largest absolute Gasteiger partial charge is 0.322 e. The smallest absolute Gasteiger partial charge is 0.269 e. The summed E-state index contributed by atoms with van der Waals surface area (Å²) in [7, 11) is 0. The summed E-state index contributed by atoms with van der Waals surface area (Å²) in [4.78, 5) is 62.4. The van der Waals surface area contributed by atoms with Crippen LogP contribution in [0.25, 0.3) is 16.7 Å². The number of nitrogens with one attached hydrogen (secondary N) is 1. The van der Waals surface area contributed by atoms with E-state index in [9.17, 15) is 19.2 Å². The van der Waals surface area contributed by atoms with Crippen LogP contribution in [0.5, 0.6) is 0 Å². The first-order chi connectivity index (χ1) is 20.9. The van der Waals surface area contributed by atoms with E-state index in [-0.39, 0.29) is 29.5 Å². The molecule has 2 fully saturated rings. The maximum Gasteiger partial charge on any atom is 0.269 e. The summed E-state index contributed by atoms with van der Waals surface area (Å²) in [5.74, 6) is -0.770. The lowest BCUT2D eigenvalue weighted by Gasteiger charge is -2.32. The molecule has 11 heteroatoms. The highest BCUT2D eigenvalue weighted by Crippen LogP contribution is 2.34. The highest BCUT2D eigenvalue weighted by Gasteiger charge is 2.39. The van der Waals surface area contributed by atoms with Gasteiger partial charge in [-0.3, -0.25) is 34.0 Å². The molecule has 10 nitrogen and oxygen atoms in total. The number of benzene rings is 2. The summed E-state index contributed by atoms with van der Waals surface area (Å²) in [5, 5.41) is 2.30. The van der Waals surface area contributed by atoms with E-state index in [0.717, 1.165) is 37.1 Å². The number of aromatic nitrogens is 3. The minimum absolute atomic E-state index is 0.0421. The van der Waals surface area contributed by atoms with Crippen molar-refractivity contribution in [3.63, 3.8) is 0 Å². The molecular weight excluding hydrogens is 551 g/mol. The first-order valence-corrected chi connectivity index (χ1v) is 14.5. The molecule has 2 aromatic heterocycles. The highest BCUT2D eigenvalue weighted by molar-refractivity contribution is 6.05. The number of amides is 3. The predicted octanol–water partition coefficient (Wildman–Crippen LogP) is 3.06. The molecule has 3 aliphatic heterocycles. The Morgan fingerprint density at radius 1 is 0.953 bits per heavy atom. The van der Waals surface area contributed by atoms with E-state index in [1.54, 1.807) is 41.4 Å². The Hall–Kier alpha value is -4.77. The number of rotatable bonds is 5. The number of imide groups is 1. The van der Waals surface area contributed by atoms with Gasteiger partial charge in [0.05, 0.1) is 5.52 Å². The van der Waals surface area contributed by atoms with E-state index in [0.29, 0.717) is 42.0 Å². The van der Waals surface area contributed by atoms with Gasteiger partial charge in [0.25, 0.3) is 11.5 Å². The van der Waals surface area contributed by atoms with Gasteiger partial charge in [0, 0.05) is 36.8 Å². The second kappa shape index (κ2) is 10.8. The summed E-state index contributed by atoms with van der Waals surface area (Å²) in [6.45, 7) is 2.24. The van der Waals surface area contributed by atoms with Crippen molar-refractivity contribution in [2.75, 3.05) is 13.1 Å². The van der Waals surface area contributed by atoms with Crippen molar-refractivity contribution >= 4 is 28.6 Å². The molecule has 4 aromatic rings. The SMILES string of the molecule is O=C1CCC(N2Cc3cc(C4CCN(Cc5ccc6ncn(-c7ccccn7)c(=O)c6c5F)CC4)ccc3C2=O)C(=O)N1. The maximum absolute atomic E-state index is 15.7. The molecule has 0 spiro atoms. The molecule has 2 saturated heterocycles. The first-order valence-electron chi connectivity index (χ1n) is 14.5. The Kier molecular flexibility index (Phi) is 6.81. The average molecular weight is 581 g/mol. The molecule has 0 aliphatic carbocycles. The van der Waals surface area contributed by atoms with Crippen LogP contribution in [0.2, 0.25) is 0 Å². The molecule has 0 bridgehead atoms. The van der Waals surface area contributed by atoms with Gasteiger partial charge in [0.2, 0.25) is 11.8 Å². The van der Waals surface area contributed by atoms with E-state index >= 15 is 4.39 Å². The lowest BCUT2D eigenvalue weighted by atomic mass is 9.87. The molecule has 1 N–H and O–H groups in total. The van der Waals surface area contributed by atoms with E-state index in [1.165, 1.54) is 10.9 Å². The van der Waals surface area contributed by atoms with Crippen molar-refractivity contribution in [1.29, 1.82) is 0 Å². The van der Waals surface area contributed by atoms with Gasteiger partial charge in [-0.15, -0.1) is 0 Å². The van der Waals surface area contributed by atoms with Gasteiger partial charge in [-0.2, -0.15) is 0 Å². The van der Waals surface area contributed by atoms with Crippen LogP contribution in [0.15, 0.2) is 65.8 Å². The number of hydrogen-bond acceptors (Lipinski definition) is 7. The van der Waals surface area contributed by atoms with Crippen LogP contribution in [0.4, 0.5) is 4.39 Å². The van der Waals surface area contributed by atoms with Crippen molar-refractivity contribution in [3.8, 4) is 5.82 Å².